The molecule has 2 heterocycles. The average molecular weight is 497 g/mol. The number of nitrogens with two attached hydrogens (primary N) is 1. The first-order chi connectivity index (χ1) is 16.1. The number of para-hydroxylation sites is 1. The van der Waals surface area contributed by atoms with Crippen LogP contribution in [-0.2, 0) is 28.2 Å². The molecule has 0 saturated carbocycles. The first-order valence-electron chi connectivity index (χ1n) is 10.4. The monoisotopic (exact) mass is 497 g/mol. The molecule has 2 aliphatic heterocycles. The van der Waals surface area contributed by atoms with Crippen LogP contribution in [0.4, 0.5) is 0 Å². The summed E-state index contributed by atoms with van der Waals surface area (Å²) in [5.74, 6) is -1.10. The molecule has 34 heavy (non-hydrogen) atoms. The number of carbonyl (C=O) groups excluding carboxylic acids is 2. The second kappa shape index (κ2) is 11.1. The topological polar surface area (TPSA) is 170 Å². The number of aliphatic hydroxyl groups excluding tert-OH is 2. The summed E-state index contributed by atoms with van der Waals surface area (Å²) >= 11 is 0. The van der Waals surface area contributed by atoms with Gasteiger partial charge in [-0.3, -0.25) is 14.1 Å². The maximum absolute atomic E-state index is 13.4. The second-order valence-electron chi connectivity index (χ2n) is 7.67. The van der Waals surface area contributed by atoms with E-state index in [4.69, 9.17) is 19.5 Å². The summed E-state index contributed by atoms with van der Waals surface area (Å²) in [5.41, 5.74) is 5.62. The quantitative estimate of drug-likeness (QED) is 0.260. The van der Waals surface area contributed by atoms with E-state index >= 15 is 0 Å². The van der Waals surface area contributed by atoms with Crippen LogP contribution < -0.4 is 15.3 Å². The summed E-state index contributed by atoms with van der Waals surface area (Å²) in [5, 5.41) is 23.5. The molecule has 0 radical (unpaired) electrons. The van der Waals surface area contributed by atoms with E-state index in [-0.39, 0.29) is 5.75 Å². The Labute approximate surface area is 196 Å². The van der Waals surface area contributed by atoms with Gasteiger partial charge in [-0.25, -0.2) is 4.57 Å². The van der Waals surface area contributed by atoms with Crippen molar-refractivity contribution in [2.75, 3.05) is 13.7 Å². The van der Waals surface area contributed by atoms with Gasteiger partial charge in [0.15, 0.2) is 6.23 Å². The van der Waals surface area contributed by atoms with Crippen molar-refractivity contribution in [2.45, 2.75) is 43.9 Å². The zero-order chi connectivity index (χ0) is 24.9. The van der Waals surface area contributed by atoms with Crippen LogP contribution in [-0.4, -0.2) is 71.3 Å². The smallest absolute Gasteiger partial charge is 0.459 e. The van der Waals surface area contributed by atoms with Crippen molar-refractivity contribution >= 4 is 19.6 Å². The summed E-state index contributed by atoms with van der Waals surface area (Å²) in [7, 11) is -2.98. The number of nitrogens with one attached hydrogen (secondary N) is 1. The second-order valence-corrected chi connectivity index (χ2v) is 9.37. The highest BCUT2D eigenvalue weighted by Crippen LogP contribution is 2.45. The number of ether oxygens (including phenoxy) is 2. The molecule has 6 atom stereocenters. The molecule has 1 fully saturated rings. The lowest BCUT2D eigenvalue weighted by Crippen LogP contribution is -2.40. The zero-order valence-electron chi connectivity index (χ0n) is 18.6. The maximum Gasteiger partial charge on any atom is 0.459 e. The van der Waals surface area contributed by atoms with Gasteiger partial charge in [0, 0.05) is 18.0 Å². The number of hydrogen-bond donors (Lipinski definition) is 4. The lowest BCUT2D eigenvalue weighted by atomic mass is 10.1. The summed E-state index contributed by atoms with van der Waals surface area (Å²) in [6.07, 6.45) is 0.0518. The Balaban J connectivity index is 1.72. The third-order valence-electron chi connectivity index (χ3n) is 5.15. The minimum absolute atomic E-state index is 0.212. The Morgan fingerprint density at radius 2 is 2.00 bits per heavy atom. The minimum atomic E-state index is -4.16. The summed E-state index contributed by atoms with van der Waals surface area (Å²) in [6.45, 7) is 0.964. The number of amides is 1. The van der Waals surface area contributed by atoms with Crippen LogP contribution in [0.25, 0.3) is 0 Å². The fraction of sp³-hybridized carbons (Fsp3) is 0.429. The Kier molecular flexibility index (Phi) is 8.47. The number of carbonyl (C=O) groups is 2. The minimum Gasteiger partial charge on any atom is -0.468 e. The molecule has 0 aliphatic carbocycles. The van der Waals surface area contributed by atoms with E-state index in [1.807, 2.05) is 0 Å². The summed E-state index contributed by atoms with van der Waals surface area (Å²) in [6, 6.07) is 7.12. The van der Waals surface area contributed by atoms with Crippen LogP contribution >= 0.6 is 7.75 Å². The van der Waals surface area contributed by atoms with Crippen LogP contribution in [0.5, 0.6) is 5.75 Å². The van der Waals surface area contributed by atoms with Gasteiger partial charge in [0.2, 0.25) is 5.91 Å². The van der Waals surface area contributed by atoms with E-state index in [1.165, 1.54) is 25.1 Å². The molecule has 1 saturated heterocycles. The zero-order valence-corrected chi connectivity index (χ0v) is 19.5. The molecule has 13 heteroatoms. The number of nitrogens with zero attached hydrogens (tertiary/aromatic N) is 1. The Bertz CT molecular complexity index is 987. The third kappa shape index (κ3) is 6.23. The van der Waals surface area contributed by atoms with E-state index in [0.717, 1.165) is 0 Å². The molecule has 0 aromatic heterocycles. The molecule has 3 rings (SSSR count). The number of primary amides is 1. The number of esters is 1. The standard InChI is InChI=1S/C21H28N3O9P/c1-13(21(28)30-2)23-34(29,33-15-8-4-3-5-9-15)31-12-16-17(25)18(26)20(32-16)24-10-6-7-14(11-24)19(22)27/h3-6,8-11,13,16-18,20,25-26H,7,12H2,1-2H3,(H2,22,27)(H,23,29)/t13-,16+,17+,18+,20+,34?/m0/s1. The largest absolute Gasteiger partial charge is 0.468 e. The first kappa shape index (κ1) is 25.9. The summed E-state index contributed by atoms with van der Waals surface area (Å²) in [4.78, 5) is 24.7. The predicted molar refractivity (Wildman–Crippen MR) is 119 cm³/mol. The van der Waals surface area contributed by atoms with E-state index < -0.39 is 56.8 Å². The average Bonchev–Trinajstić information content (AvgIpc) is 3.11. The van der Waals surface area contributed by atoms with Gasteiger partial charge in [-0.05, 0) is 25.5 Å². The normalized spacial score (nSPS) is 26.9. The van der Waals surface area contributed by atoms with E-state index in [0.29, 0.717) is 12.0 Å². The predicted octanol–water partition coefficient (Wildman–Crippen LogP) is 0.377. The van der Waals surface area contributed by atoms with Crippen molar-refractivity contribution < 1.29 is 42.9 Å². The van der Waals surface area contributed by atoms with Crippen LogP contribution in [0.1, 0.15) is 13.3 Å². The highest BCUT2D eigenvalue weighted by molar-refractivity contribution is 7.52. The van der Waals surface area contributed by atoms with Crippen molar-refractivity contribution in [1.82, 2.24) is 9.99 Å². The van der Waals surface area contributed by atoms with Crippen LogP contribution in [0.15, 0.2) is 54.4 Å². The SMILES string of the molecule is COC(=O)[C@H](C)NP(=O)(OC[C@H]1O[C@@H](N2C=CCC(C(N)=O)=C2)[C@H](O)[C@@H]1O)Oc1ccccc1. The highest BCUT2D eigenvalue weighted by Gasteiger charge is 2.46. The lowest BCUT2D eigenvalue weighted by Gasteiger charge is -2.28. The lowest BCUT2D eigenvalue weighted by molar-refractivity contribution is -0.142. The van der Waals surface area contributed by atoms with Gasteiger partial charge in [-0.15, -0.1) is 0 Å². The van der Waals surface area contributed by atoms with Crippen LogP contribution in [0, 0.1) is 0 Å². The molecule has 1 unspecified atom stereocenters. The number of hydrogen-bond acceptors (Lipinski definition) is 10. The van der Waals surface area contributed by atoms with Crippen molar-refractivity contribution in [3.05, 3.63) is 54.4 Å². The molecule has 0 bridgehead atoms. The molecule has 5 N–H and O–H groups in total. The Morgan fingerprint density at radius 1 is 1.29 bits per heavy atom. The van der Waals surface area contributed by atoms with Crippen LogP contribution in [0.3, 0.4) is 0 Å². The van der Waals surface area contributed by atoms with Crippen molar-refractivity contribution in [3.8, 4) is 5.75 Å². The molecule has 2 aliphatic rings. The Morgan fingerprint density at radius 3 is 2.65 bits per heavy atom. The molecular formula is C21H28N3O9P. The molecule has 1 amide bonds. The van der Waals surface area contributed by atoms with E-state index in [9.17, 15) is 24.4 Å². The molecular weight excluding hydrogens is 469 g/mol. The van der Waals surface area contributed by atoms with E-state index in [1.54, 1.807) is 42.6 Å². The third-order valence-corrected chi connectivity index (χ3v) is 6.80. The number of rotatable bonds is 10. The van der Waals surface area contributed by atoms with Gasteiger partial charge in [-0.2, -0.15) is 5.09 Å². The fourth-order valence-electron chi connectivity index (χ4n) is 3.36. The van der Waals surface area contributed by atoms with Crippen LogP contribution in [0.2, 0.25) is 0 Å². The van der Waals surface area contributed by atoms with Gasteiger partial charge in [0.1, 0.15) is 30.1 Å². The number of benzene rings is 1. The van der Waals surface area contributed by atoms with Gasteiger partial charge in [0.25, 0.3) is 0 Å². The molecule has 1 aromatic rings. The first-order valence-corrected chi connectivity index (χ1v) is 12.0. The number of methoxy groups -OCH3 is 1. The molecule has 186 valence electrons. The van der Waals surface area contributed by atoms with E-state index in [2.05, 4.69) is 9.82 Å². The Hall–Kier alpha value is -2.73. The fourth-order valence-corrected chi connectivity index (χ4v) is 4.86. The van der Waals surface area contributed by atoms with Gasteiger partial charge in [-0.1, -0.05) is 24.3 Å². The highest BCUT2D eigenvalue weighted by atomic mass is 31.2. The van der Waals surface area contributed by atoms with Crippen molar-refractivity contribution in [3.63, 3.8) is 0 Å². The number of allylic oxidation sites excluding steroid dienone is 1. The molecule has 12 nitrogen and oxygen atoms in total. The van der Waals surface area contributed by atoms with Crippen molar-refractivity contribution in [1.29, 1.82) is 0 Å². The van der Waals surface area contributed by atoms with Gasteiger partial charge >= 0.3 is 13.7 Å². The summed E-state index contributed by atoms with van der Waals surface area (Å²) < 4.78 is 34.8. The molecule has 1 aromatic carbocycles. The maximum atomic E-state index is 13.4. The number of aliphatic hydroxyl groups is 2. The van der Waals surface area contributed by atoms with Gasteiger partial charge < -0.3 is 34.8 Å². The van der Waals surface area contributed by atoms with Crippen molar-refractivity contribution in [2.24, 2.45) is 5.73 Å². The van der Waals surface area contributed by atoms with Gasteiger partial charge in [0.05, 0.1) is 13.7 Å². The molecule has 0 spiro atoms.